The molecule has 1 fully saturated rings. The molecule has 0 aromatic carbocycles. The first-order chi connectivity index (χ1) is 7.26. The van der Waals surface area contributed by atoms with Crippen LogP contribution in [0.2, 0.25) is 0 Å². The normalized spacial score (nSPS) is 26.5. The molecule has 0 N–H and O–H groups in total. The Hall–Kier alpha value is -1.23. The van der Waals surface area contributed by atoms with Crippen molar-refractivity contribution < 1.29 is 9.53 Å². The van der Waals surface area contributed by atoms with Gasteiger partial charge in [-0.2, -0.15) is 5.10 Å². The zero-order valence-corrected chi connectivity index (χ0v) is 8.85. The van der Waals surface area contributed by atoms with Gasteiger partial charge in [0.25, 0.3) is 0 Å². The molecular formula is C10H15N3O2. The van der Waals surface area contributed by atoms with Crippen molar-refractivity contribution in [2.75, 3.05) is 13.2 Å². The number of rotatable bonds is 3. The van der Waals surface area contributed by atoms with Crippen LogP contribution < -0.4 is 0 Å². The van der Waals surface area contributed by atoms with Gasteiger partial charge in [-0.25, -0.2) is 4.98 Å². The fraction of sp³-hybridized carbons (Fsp3) is 0.700. The molecule has 2 rings (SSSR count). The summed E-state index contributed by atoms with van der Waals surface area (Å²) in [6, 6.07) is 0. The molecule has 0 radical (unpaired) electrons. The zero-order chi connectivity index (χ0) is 10.7. The van der Waals surface area contributed by atoms with E-state index in [0.717, 1.165) is 31.6 Å². The largest absolute Gasteiger partial charge is 0.380 e. The van der Waals surface area contributed by atoms with Crippen LogP contribution in [0.1, 0.15) is 18.7 Å². The second-order valence-corrected chi connectivity index (χ2v) is 4.11. The van der Waals surface area contributed by atoms with Crippen LogP contribution in [-0.4, -0.2) is 34.3 Å². The molecule has 0 saturated carbocycles. The van der Waals surface area contributed by atoms with Crippen molar-refractivity contribution in [1.29, 1.82) is 0 Å². The van der Waals surface area contributed by atoms with Gasteiger partial charge in [0.05, 0.1) is 12.0 Å². The van der Waals surface area contributed by atoms with Crippen LogP contribution in [0.5, 0.6) is 0 Å². The average molecular weight is 209 g/mol. The Morgan fingerprint density at radius 3 is 3.13 bits per heavy atom. The van der Waals surface area contributed by atoms with Crippen LogP contribution in [0.25, 0.3) is 0 Å². The van der Waals surface area contributed by atoms with Crippen LogP contribution >= 0.6 is 0 Å². The third-order valence-electron chi connectivity index (χ3n) is 2.92. The van der Waals surface area contributed by atoms with Crippen molar-refractivity contribution in [2.45, 2.75) is 19.3 Å². The van der Waals surface area contributed by atoms with Crippen molar-refractivity contribution >= 4 is 6.29 Å². The van der Waals surface area contributed by atoms with E-state index in [4.69, 9.17) is 4.74 Å². The van der Waals surface area contributed by atoms with Crippen LogP contribution in [0, 0.1) is 5.41 Å². The molecule has 0 bridgehead atoms. The van der Waals surface area contributed by atoms with Gasteiger partial charge in [-0.1, -0.05) is 0 Å². The lowest BCUT2D eigenvalue weighted by atomic mass is 9.81. The third kappa shape index (κ3) is 2.07. The number of hydrogen-bond donors (Lipinski definition) is 0. The second-order valence-electron chi connectivity index (χ2n) is 4.11. The SMILES string of the molecule is Cn1ncnc1CC1(C=O)CCCOC1. The summed E-state index contributed by atoms with van der Waals surface area (Å²) in [7, 11) is 1.84. The number of aldehydes is 1. The molecule has 5 nitrogen and oxygen atoms in total. The monoisotopic (exact) mass is 209 g/mol. The van der Waals surface area contributed by atoms with Crippen molar-refractivity contribution in [3.05, 3.63) is 12.2 Å². The number of aromatic nitrogens is 3. The summed E-state index contributed by atoms with van der Waals surface area (Å²) in [4.78, 5) is 15.3. The summed E-state index contributed by atoms with van der Waals surface area (Å²) in [6.07, 6.45) is 4.96. The van der Waals surface area contributed by atoms with E-state index in [9.17, 15) is 4.79 Å². The summed E-state index contributed by atoms with van der Waals surface area (Å²) < 4.78 is 7.08. The fourth-order valence-electron chi connectivity index (χ4n) is 1.94. The summed E-state index contributed by atoms with van der Waals surface area (Å²) in [5, 5.41) is 4.00. The van der Waals surface area contributed by atoms with Gasteiger partial charge in [0.2, 0.25) is 0 Å². The average Bonchev–Trinajstić information content (AvgIpc) is 2.66. The molecule has 1 aliphatic rings. The van der Waals surface area contributed by atoms with E-state index in [1.54, 1.807) is 4.68 Å². The predicted molar refractivity (Wildman–Crippen MR) is 53.3 cm³/mol. The maximum absolute atomic E-state index is 11.2. The zero-order valence-electron chi connectivity index (χ0n) is 8.85. The molecule has 5 heteroatoms. The highest BCUT2D eigenvalue weighted by Crippen LogP contribution is 2.29. The van der Waals surface area contributed by atoms with Crippen molar-refractivity contribution in [3.63, 3.8) is 0 Å². The number of nitrogens with zero attached hydrogens (tertiary/aromatic N) is 3. The standard InChI is InChI=1S/C10H15N3O2/c1-13-9(11-8-12-13)5-10(6-14)3-2-4-15-7-10/h6,8H,2-5,7H2,1H3. The maximum Gasteiger partial charge on any atom is 0.138 e. The first-order valence-electron chi connectivity index (χ1n) is 5.13. The predicted octanol–water partition coefficient (Wildman–Crippen LogP) is 0.353. The lowest BCUT2D eigenvalue weighted by molar-refractivity contribution is -0.123. The number of hydrogen-bond acceptors (Lipinski definition) is 4. The highest BCUT2D eigenvalue weighted by molar-refractivity contribution is 5.60. The number of carbonyl (C=O) groups is 1. The van der Waals surface area contributed by atoms with E-state index >= 15 is 0 Å². The second kappa shape index (κ2) is 4.10. The minimum Gasteiger partial charge on any atom is -0.380 e. The minimum absolute atomic E-state index is 0.390. The number of aryl methyl sites for hydroxylation is 1. The van der Waals surface area contributed by atoms with E-state index in [1.807, 2.05) is 7.05 Å². The van der Waals surface area contributed by atoms with Crippen molar-refractivity contribution in [3.8, 4) is 0 Å². The molecule has 1 aromatic rings. The van der Waals surface area contributed by atoms with E-state index in [1.165, 1.54) is 6.33 Å². The Labute approximate surface area is 88.4 Å². The quantitative estimate of drug-likeness (QED) is 0.674. The molecule has 1 aliphatic heterocycles. The lowest BCUT2D eigenvalue weighted by Crippen LogP contribution is -2.36. The van der Waals surface area contributed by atoms with Gasteiger partial charge < -0.3 is 9.53 Å². The van der Waals surface area contributed by atoms with Crippen LogP contribution in [0.3, 0.4) is 0 Å². The summed E-state index contributed by atoms with van der Waals surface area (Å²) in [6.45, 7) is 1.26. The van der Waals surface area contributed by atoms with Gasteiger partial charge in [0.15, 0.2) is 0 Å². The fourth-order valence-corrected chi connectivity index (χ4v) is 1.94. The Morgan fingerprint density at radius 2 is 2.60 bits per heavy atom. The summed E-state index contributed by atoms with van der Waals surface area (Å²) in [5.74, 6) is 0.840. The van der Waals surface area contributed by atoms with Crippen LogP contribution in [-0.2, 0) is 23.0 Å². The van der Waals surface area contributed by atoms with E-state index in [0.29, 0.717) is 13.0 Å². The van der Waals surface area contributed by atoms with Gasteiger partial charge in [0, 0.05) is 20.1 Å². The summed E-state index contributed by atoms with van der Waals surface area (Å²) in [5.41, 5.74) is -0.390. The Morgan fingerprint density at radius 1 is 1.73 bits per heavy atom. The van der Waals surface area contributed by atoms with Crippen molar-refractivity contribution in [2.24, 2.45) is 12.5 Å². The van der Waals surface area contributed by atoms with E-state index in [2.05, 4.69) is 10.1 Å². The maximum atomic E-state index is 11.2. The number of ether oxygens (including phenoxy) is 1. The molecule has 0 aliphatic carbocycles. The minimum atomic E-state index is -0.390. The highest BCUT2D eigenvalue weighted by atomic mass is 16.5. The Bertz CT molecular complexity index is 342. The Kier molecular flexibility index (Phi) is 2.81. The third-order valence-corrected chi connectivity index (χ3v) is 2.92. The molecule has 1 saturated heterocycles. The van der Waals surface area contributed by atoms with E-state index in [-0.39, 0.29) is 5.41 Å². The summed E-state index contributed by atoms with van der Waals surface area (Å²) >= 11 is 0. The van der Waals surface area contributed by atoms with Gasteiger partial charge in [0.1, 0.15) is 18.4 Å². The molecule has 1 aromatic heterocycles. The lowest BCUT2D eigenvalue weighted by Gasteiger charge is -2.31. The van der Waals surface area contributed by atoms with Gasteiger partial charge in [-0.3, -0.25) is 4.68 Å². The molecule has 0 amide bonds. The van der Waals surface area contributed by atoms with Crippen LogP contribution in [0.15, 0.2) is 6.33 Å². The van der Waals surface area contributed by atoms with E-state index < -0.39 is 0 Å². The van der Waals surface area contributed by atoms with Crippen LogP contribution in [0.4, 0.5) is 0 Å². The van der Waals surface area contributed by atoms with Gasteiger partial charge >= 0.3 is 0 Å². The number of carbonyl (C=O) groups excluding carboxylic acids is 1. The molecule has 0 spiro atoms. The first-order valence-corrected chi connectivity index (χ1v) is 5.13. The Balaban J connectivity index is 2.13. The topological polar surface area (TPSA) is 57.0 Å². The molecule has 1 unspecified atom stereocenters. The molecular weight excluding hydrogens is 194 g/mol. The first kappa shape index (κ1) is 10.3. The van der Waals surface area contributed by atoms with Crippen molar-refractivity contribution in [1.82, 2.24) is 14.8 Å². The molecule has 1 atom stereocenters. The van der Waals surface area contributed by atoms with Gasteiger partial charge in [-0.05, 0) is 12.8 Å². The highest BCUT2D eigenvalue weighted by Gasteiger charge is 2.34. The molecule has 82 valence electrons. The molecule has 2 heterocycles. The molecule has 15 heavy (non-hydrogen) atoms. The smallest absolute Gasteiger partial charge is 0.138 e. The van der Waals surface area contributed by atoms with Gasteiger partial charge in [-0.15, -0.1) is 0 Å².